The first kappa shape index (κ1) is 20.5. The highest BCUT2D eigenvalue weighted by Crippen LogP contribution is 2.40. The van der Waals surface area contributed by atoms with Gasteiger partial charge in [0.25, 0.3) is 11.8 Å². The normalized spacial score (nSPS) is 21.0. The zero-order valence-electron chi connectivity index (χ0n) is 17.1. The molecule has 3 heterocycles. The van der Waals surface area contributed by atoms with Gasteiger partial charge in [-0.2, -0.15) is 0 Å². The maximum atomic E-state index is 13.5. The number of piperidine rings is 2. The summed E-state index contributed by atoms with van der Waals surface area (Å²) in [5.41, 5.74) is 1.25. The van der Waals surface area contributed by atoms with E-state index in [1.807, 2.05) is 0 Å². The minimum absolute atomic E-state index is 0.104. The van der Waals surface area contributed by atoms with E-state index in [1.54, 1.807) is 47.3 Å². The van der Waals surface area contributed by atoms with Crippen LogP contribution in [0.15, 0.2) is 42.7 Å². The minimum atomic E-state index is -0.582. The fourth-order valence-corrected chi connectivity index (χ4v) is 4.69. The number of likely N-dealkylation sites (tertiary alicyclic amines) is 2. The number of aliphatic hydroxyl groups excluding tert-OH is 1. The highest BCUT2D eigenvalue weighted by Gasteiger charge is 2.43. The van der Waals surface area contributed by atoms with Gasteiger partial charge in [-0.05, 0) is 67.5 Å². The quantitative estimate of drug-likeness (QED) is 0.825. The molecule has 2 aliphatic rings. The Morgan fingerprint density at radius 1 is 1.13 bits per heavy atom. The zero-order chi connectivity index (χ0) is 21.3. The Morgan fingerprint density at radius 2 is 1.87 bits per heavy atom. The SMILES string of the molecule is Cc1cc(C(=O)N2CCC3(CC2)CC(O)CN(C(=O)c2cccnc2)C3)ccc1F. The lowest BCUT2D eigenvalue weighted by Gasteiger charge is -2.49. The lowest BCUT2D eigenvalue weighted by molar-refractivity contribution is -0.0299. The van der Waals surface area contributed by atoms with Gasteiger partial charge >= 0.3 is 0 Å². The number of hydrogen-bond acceptors (Lipinski definition) is 4. The molecule has 7 heteroatoms. The van der Waals surface area contributed by atoms with Crippen LogP contribution in [0.25, 0.3) is 0 Å². The van der Waals surface area contributed by atoms with Crippen molar-refractivity contribution in [1.82, 2.24) is 14.8 Å². The van der Waals surface area contributed by atoms with Crippen LogP contribution in [0.1, 0.15) is 45.5 Å². The minimum Gasteiger partial charge on any atom is -0.391 e. The van der Waals surface area contributed by atoms with Crippen molar-refractivity contribution < 1.29 is 19.1 Å². The third-order valence-electron chi connectivity index (χ3n) is 6.34. The van der Waals surface area contributed by atoms with Gasteiger partial charge in [0.2, 0.25) is 0 Å². The lowest BCUT2D eigenvalue weighted by atomic mass is 9.71. The van der Waals surface area contributed by atoms with Crippen LogP contribution in [0.5, 0.6) is 0 Å². The molecule has 2 saturated heterocycles. The summed E-state index contributed by atoms with van der Waals surface area (Å²) in [5, 5.41) is 10.5. The Labute approximate surface area is 175 Å². The summed E-state index contributed by atoms with van der Waals surface area (Å²) in [4.78, 5) is 33.2. The molecule has 1 unspecified atom stereocenters. The van der Waals surface area contributed by atoms with Crippen LogP contribution < -0.4 is 0 Å². The van der Waals surface area contributed by atoms with Gasteiger partial charge < -0.3 is 14.9 Å². The Hall–Kier alpha value is -2.80. The lowest BCUT2D eigenvalue weighted by Crippen LogP contribution is -2.55. The van der Waals surface area contributed by atoms with E-state index in [2.05, 4.69) is 4.98 Å². The number of carbonyl (C=O) groups is 2. The molecule has 2 aromatic rings. The molecule has 0 radical (unpaired) electrons. The van der Waals surface area contributed by atoms with Gasteiger partial charge in [0.1, 0.15) is 5.82 Å². The maximum absolute atomic E-state index is 13.5. The zero-order valence-corrected chi connectivity index (χ0v) is 17.1. The van der Waals surface area contributed by atoms with E-state index >= 15 is 0 Å². The molecule has 0 aliphatic carbocycles. The Bertz CT molecular complexity index is 942. The number of benzene rings is 1. The summed E-state index contributed by atoms with van der Waals surface area (Å²) in [6.45, 7) is 3.63. The highest BCUT2D eigenvalue weighted by molar-refractivity contribution is 5.95. The number of carbonyl (C=O) groups excluding carboxylic acids is 2. The number of rotatable bonds is 2. The van der Waals surface area contributed by atoms with Crippen molar-refractivity contribution in [2.75, 3.05) is 26.2 Å². The van der Waals surface area contributed by atoms with Gasteiger partial charge in [-0.3, -0.25) is 14.6 Å². The summed E-state index contributed by atoms with van der Waals surface area (Å²) >= 11 is 0. The van der Waals surface area contributed by atoms with E-state index in [9.17, 15) is 19.1 Å². The first-order chi connectivity index (χ1) is 14.4. The van der Waals surface area contributed by atoms with Crippen LogP contribution in [-0.2, 0) is 0 Å². The van der Waals surface area contributed by atoms with Gasteiger partial charge in [-0.15, -0.1) is 0 Å². The van der Waals surface area contributed by atoms with Crippen molar-refractivity contribution in [1.29, 1.82) is 0 Å². The van der Waals surface area contributed by atoms with Crippen LogP contribution in [0.3, 0.4) is 0 Å². The fraction of sp³-hybridized carbons (Fsp3) is 0.435. The molecule has 1 aromatic heterocycles. The van der Waals surface area contributed by atoms with Crippen molar-refractivity contribution in [3.63, 3.8) is 0 Å². The van der Waals surface area contributed by atoms with Crippen molar-refractivity contribution in [2.24, 2.45) is 5.41 Å². The molecule has 1 spiro atoms. The predicted octanol–water partition coefficient (Wildman–Crippen LogP) is 2.66. The molecule has 1 N–H and O–H groups in total. The number of hydrogen-bond donors (Lipinski definition) is 1. The monoisotopic (exact) mass is 411 g/mol. The van der Waals surface area contributed by atoms with Crippen molar-refractivity contribution in [2.45, 2.75) is 32.3 Å². The number of nitrogens with zero attached hydrogens (tertiary/aromatic N) is 3. The average Bonchev–Trinajstić information content (AvgIpc) is 2.75. The molecule has 0 bridgehead atoms. The molecule has 4 rings (SSSR count). The second-order valence-corrected chi connectivity index (χ2v) is 8.54. The molecular weight excluding hydrogens is 385 g/mol. The van der Waals surface area contributed by atoms with Gasteiger partial charge in [0.05, 0.1) is 11.7 Å². The number of pyridine rings is 1. The highest BCUT2D eigenvalue weighted by atomic mass is 19.1. The molecular formula is C23H26FN3O3. The Kier molecular flexibility index (Phi) is 5.56. The molecule has 2 amide bonds. The van der Waals surface area contributed by atoms with E-state index in [0.717, 1.165) is 0 Å². The third kappa shape index (κ3) is 4.07. The van der Waals surface area contributed by atoms with Crippen molar-refractivity contribution in [3.05, 3.63) is 65.2 Å². The standard InChI is InChI=1S/C23H26FN3O3/c1-16-11-17(4-5-20(16)24)21(29)26-9-6-23(7-10-26)12-19(28)14-27(15-23)22(30)18-3-2-8-25-13-18/h2-5,8,11,13,19,28H,6-7,9-10,12,14-15H2,1H3. The summed E-state index contributed by atoms with van der Waals surface area (Å²) in [7, 11) is 0. The number of aryl methyl sites for hydroxylation is 1. The second-order valence-electron chi connectivity index (χ2n) is 8.54. The van der Waals surface area contributed by atoms with Crippen LogP contribution >= 0.6 is 0 Å². The van der Waals surface area contributed by atoms with Gasteiger partial charge in [0.15, 0.2) is 0 Å². The maximum Gasteiger partial charge on any atom is 0.255 e. The first-order valence-corrected chi connectivity index (χ1v) is 10.3. The number of aliphatic hydroxyl groups is 1. The molecule has 1 atom stereocenters. The second kappa shape index (κ2) is 8.14. The van der Waals surface area contributed by atoms with Crippen LogP contribution in [0.2, 0.25) is 0 Å². The van der Waals surface area contributed by atoms with Gasteiger partial charge in [0, 0.05) is 44.1 Å². The van der Waals surface area contributed by atoms with Crippen LogP contribution in [-0.4, -0.2) is 64.0 Å². The van der Waals surface area contributed by atoms with E-state index in [-0.39, 0.29) is 23.0 Å². The first-order valence-electron chi connectivity index (χ1n) is 10.3. The summed E-state index contributed by atoms with van der Waals surface area (Å²) in [6.07, 6.45) is 4.64. The predicted molar refractivity (Wildman–Crippen MR) is 109 cm³/mol. The smallest absolute Gasteiger partial charge is 0.255 e. The van der Waals surface area contributed by atoms with Crippen LogP contribution in [0.4, 0.5) is 4.39 Å². The molecule has 0 saturated carbocycles. The van der Waals surface area contributed by atoms with Crippen LogP contribution in [0, 0.1) is 18.2 Å². The summed E-state index contributed by atoms with van der Waals surface area (Å²) < 4.78 is 13.5. The largest absolute Gasteiger partial charge is 0.391 e. The number of β-amino-alcohol motifs (C(OH)–C–C–N with tert-alkyl or cyclic N) is 1. The Balaban J connectivity index is 1.44. The number of halogens is 1. The third-order valence-corrected chi connectivity index (χ3v) is 6.34. The van der Waals surface area contributed by atoms with Gasteiger partial charge in [-0.25, -0.2) is 4.39 Å². The topological polar surface area (TPSA) is 73.7 Å². The van der Waals surface area contributed by atoms with E-state index in [4.69, 9.17) is 0 Å². The van der Waals surface area contributed by atoms with Crippen molar-refractivity contribution in [3.8, 4) is 0 Å². The van der Waals surface area contributed by atoms with E-state index in [0.29, 0.717) is 62.1 Å². The van der Waals surface area contributed by atoms with E-state index < -0.39 is 6.10 Å². The summed E-state index contributed by atoms with van der Waals surface area (Å²) in [5.74, 6) is -0.548. The molecule has 30 heavy (non-hydrogen) atoms. The number of aromatic nitrogens is 1. The molecule has 2 fully saturated rings. The Morgan fingerprint density at radius 3 is 2.53 bits per heavy atom. The molecule has 158 valence electrons. The van der Waals surface area contributed by atoms with Crippen molar-refractivity contribution >= 4 is 11.8 Å². The fourth-order valence-electron chi connectivity index (χ4n) is 4.69. The van der Waals surface area contributed by atoms with E-state index in [1.165, 1.54) is 12.1 Å². The average molecular weight is 411 g/mol. The molecule has 2 aliphatic heterocycles. The molecule has 6 nitrogen and oxygen atoms in total. The number of amides is 2. The van der Waals surface area contributed by atoms with Gasteiger partial charge in [-0.1, -0.05) is 0 Å². The summed E-state index contributed by atoms with van der Waals surface area (Å²) in [6, 6.07) is 7.89. The molecule has 1 aromatic carbocycles.